The monoisotopic (exact) mass is 357 g/mol. The summed E-state index contributed by atoms with van der Waals surface area (Å²) < 4.78 is 10.3. The first kappa shape index (κ1) is 23.9. The van der Waals surface area contributed by atoms with Crippen LogP contribution in [0.3, 0.4) is 0 Å². The number of hydrogen-bond acceptors (Lipinski definition) is 5. The van der Waals surface area contributed by atoms with E-state index in [1.807, 2.05) is 0 Å². The predicted octanol–water partition coefficient (Wildman–Crippen LogP) is 4.51. The van der Waals surface area contributed by atoms with Crippen LogP contribution in [0.4, 0.5) is 0 Å². The summed E-state index contributed by atoms with van der Waals surface area (Å²) in [6, 6.07) is -0.547. The summed E-state index contributed by atoms with van der Waals surface area (Å²) in [7, 11) is 0. The minimum Gasteiger partial charge on any atom is -0.466 e. The summed E-state index contributed by atoms with van der Waals surface area (Å²) in [5, 5.41) is 0. The van der Waals surface area contributed by atoms with Crippen molar-refractivity contribution in [2.45, 2.75) is 103 Å². The lowest BCUT2D eigenvalue weighted by Gasteiger charge is -2.10. The SMILES string of the molecule is CCCCCCCCCCOC(=O)CCCOC(=O)C(N)CCCC. The Labute approximate surface area is 154 Å². The van der Waals surface area contributed by atoms with Gasteiger partial charge in [-0.05, 0) is 19.3 Å². The topological polar surface area (TPSA) is 78.6 Å². The Bertz CT molecular complexity index is 334. The highest BCUT2D eigenvalue weighted by atomic mass is 16.5. The third-order valence-corrected chi connectivity index (χ3v) is 4.20. The molecule has 2 N–H and O–H groups in total. The van der Waals surface area contributed by atoms with E-state index in [0.29, 0.717) is 19.4 Å². The van der Waals surface area contributed by atoms with Crippen molar-refractivity contribution in [1.29, 1.82) is 0 Å². The smallest absolute Gasteiger partial charge is 0.322 e. The number of esters is 2. The van der Waals surface area contributed by atoms with Gasteiger partial charge in [0, 0.05) is 6.42 Å². The van der Waals surface area contributed by atoms with Crippen LogP contribution in [-0.4, -0.2) is 31.2 Å². The lowest BCUT2D eigenvalue weighted by molar-refractivity contribution is -0.148. The molecule has 5 heteroatoms. The molecule has 1 unspecified atom stereocenters. The van der Waals surface area contributed by atoms with Gasteiger partial charge in [-0.15, -0.1) is 0 Å². The molecule has 148 valence electrons. The second kappa shape index (κ2) is 17.7. The summed E-state index contributed by atoms with van der Waals surface area (Å²) in [5.74, 6) is -0.588. The molecule has 0 aliphatic carbocycles. The molecule has 1 atom stereocenters. The quantitative estimate of drug-likeness (QED) is 0.306. The summed E-state index contributed by atoms with van der Waals surface area (Å²) in [4.78, 5) is 23.2. The molecule has 0 aromatic carbocycles. The van der Waals surface area contributed by atoms with Crippen molar-refractivity contribution < 1.29 is 19.1 Å². The van der Waals surface area contributed by atoms with Crippen molar-refractivity contribution in [3.8, 4) is 0 Å². The van der Waals surface area contributed by atoms with Crippen molar-refractivity contribution in [3.05, 3.63) is 0 Å². The molecular weight excluding hydrogens is 318 g/mol. The molecule has 0 saturated carbocycles. The Morgan fingerprint density at radius 2 is 1.32 bits per heavy atom. The first-order valence-electron chi connectivity index (χ1n) is 10.2. The number of nitrogens with two attached hydrogens (primary N) is 1. The van der Waals surface area contributed by atoms with Crippen molar-refractivity contribution in [3.63, 3.8) is 0 Å². The number of carbonyl (C=O) groups is 2. The van der Waals surface area contributed by atoms with Crippen LogP contribution < -0.4 is 5.73 Å². The van der Waals surface area contributed by atoms with Crippen molar-refractivity contribution >= 4 is 11.9 Å². The number of unbranched alkanes of at least 4 members (excludes halogenated alkanes) is 8. The van der Waals surface area contributed by atoms with Gasteiger partial charge in [-0.1, -0.05) is 71.6 Å². The van der Waals surface area contributed by atoms with Crippen molar-refractivity contribution in [1.82, 2.24) is 0 Å². The molecule has 0 saturated heterocycles. The second-order valence-electron chi connectivity index (χ2n) is 6.72. The molecular formula is C20H39NO4. The van der Waals surface area contributed by atoms with Gasteiger partial charge in [0.1, 0.15) is 6.04 Å². The van der Waals surface area contributed by atoms with E-state index in [-0.39, 0.29) is 25.0 Å². The van der Waals surface area contributed by atoms with Crippen LogP contribution in [-0.2, 0) is 19.1 Å². The highest BCUT2D eigenvalue weighted by Crippen LogP contribution is 2.08. The number of ether oxygens (including phenoxy) is 2. The minimum atomic E-state index is -0.547. The molecule has 0 spiro atoms. The van der Waals surface area contributed by atoms with E-state index in [1.54, 1.807) is 0 Å². The normalized spacial score (nSPS) is 12.0. The van der Waals surface area contributed by atoms with E-state index in [2.05, 4.69) is 13.8 Å². The number of rotatable bonds is 17. The van der Waals surface area contributed by atoms with E-state index in [0.717, 1.165) is 25.7 Å². The highest BCUT2D eigenvalue weighted by molar-refractivity contribution is 5.75. The van der Waals surface area contributed by atoms with Gasteiger partial charge in [0.05, 0.1) is 13.2 Å². The van der Waals surface area contributed by atoms with Crippen LogP contribution in [0.2, 0.25) is 0 Å². The lowest BCUT2D eigenvalue weighted by Crippen LogP contribution is -2.32. The van der Waals surface area contributed by atoms with Gasteiger partial charge in [0.2, 0.25) is 0 Å². The molecule has 0 fully saturated rings. The molecule has 0 aromatic rings. The maximum Gasteiger partial charge on any atom is 0.322 e. The zero-order chi connectivity index (χ0) is 18.8. The molecule has 0 aliphatic rings. The van der Waals surface area contributed by atoms with Gasteiger partial charge in [-0.2, -0.15) is 0 Å². The van der Waals surface area contributed by atoms with Gasteiger partial charge in [-0.3, -0.25) is 9.59 Å². The maximum absolute atomic E-state index is 11.6. The van der Waals surface area contributed by atoms with Gasteiger partial charge in [0.25, 0.3) is 0 Å². The van der Waals surface area contributed by atoms with Gasteiger partial charge in [-0.25, -0.2) is 0 Å². The lowest BCUT2D eigenvalue weighted by atomic mass is 10.1. The Morgan fingerprint density at radius 3 is 1.96 bits per heavy atom. The van der Waals surface area contributed by atoms with Crippen LogP contribution in [0.25, 0.3) is 0 Å². The van der Waals surface area contributed by atoms with Crippen LogP contribution in [0.15, 0.2) is 0 Å². The second-order valence-corrected chi connectivity index (χ2v) is 6.72. The Balaban J connectivity index is 3.40. The van der Waals surface area contributed by atoms with Gasteiger partial charge in [0.15, 0.2) is 0 Å². The van der Waals surface area contributed by atoms with Crippen LogP contribution >= 0.6 is 0 Å². The minimum absolute atomic E-state index is 0.214. The van der Waals surface area contributed by atoms with E-state index < -0.39 is 6.04 Å². The molecule has 0 rings (SSSR count). The first-order chi connectivity index (χ1) is 12.1. The predicted molar refractivity (Wildman–Crippen MR) is 101 cm³/mol. The van der Waals surface area contributed by atoms with E-state index >= 15 is 0 Å². The van der Waals surface area contributed by atoms with E-state index in [1.165, 1.54) is 38.5 Å². The first-order valence-corrected chi connectivity index (χ1v) is 10.2. The Kier molecular flexibility index (Phi) is 16.9. The fourth-order valence-electron chi connectivity index (χ4n) is 2.53. The van der Waals surface area contributed by atoms with Crippen LogP contribution in [0.1, 0.15) is 97.3 Å². The Hall–Kier alpha value is -1.10. The third kappa shape index (κ3) is 16.1. The largest absolute Gasteiger partial charge is 0.466 e. The summed E-state index contributed by atoms with van der Waals surface area (Å²) in [6.07, 6.45) is 13.1. The van der Waals surface area contributed by atoms with Crippen LogP contribution in [0.5, 0.6) is 0 Å². The van der Waals surface area contributed by atoms with E-state index in [9.17, 15) is 9.59 Å². The molecule has 0 heterocycles. The van der Waals surface area contributed by atoms with Crippen molar-refractivity contribution in [2.75, 3.05) is 13.2 Å². The fraction of sp³-hybridized carbons (Fsp3) is 0.900. The molecule has 0 bridgehead atoms. The molecule has 25 heavy (non-hydrogen) atoms. The zero-order valence-electron chi connectivity index (χ0n) is 16.4. The average molecular weight is 358 g/mol. The Morgan fingerprint density at radius 1 is 0.760 bits per heavy atom. The van der Waals surface area contributed by atoms with Gasteiger partial charge < -0.3 is 15.2 Å². The van der Waals surface area contributed by atoms with Crippen LogP contribution in [0, 0.1) is 0 Å². The fourth-order valence-corrected chi connectivity index (χ4v) is 2.53. The number of carbonyl (C=O) groups excluding carboxylic acids is 2. The molecule has 0 radical (unpaired) electrons. The highest BCUT2D eigenvalue weighted by Gasteiger charge is 2.14. The molecule has 5 nitrogen and oxygen atoms in total. The molecule has 0 aliphatic heterocycles. The number of hydrogen-bond donors (Lipinski definition) is 1. The third-order valence-electron chi connectivity index (χ3n) is 4.20. The summed E-state index contributed by atoms with van der Waals surface area (Å²) >= 11 is 0. The molecule has 0 amide bonds. The zero-order valence-corrected chi connectivity index (χ0v) is 16.4. The van der Waals surface area contributed by atoms with Gasteiger partial charge >= 0.3 is 11.9 Å². The van der Waals surface area contributed by atoms with E-state index in [4.69, 9.17) is 15.2 Å². The average Bonchev–Trinajstić information content (AvgIpc) is 2.61. The maximum atomic E-state index is 11.6. The molecule has 0 aromatic heterocycles. The summed E-state index contributed by atoms with van der Waals surface area (Å²) in [5.41, 5.74) is 5.72. The van der Waals surface area contributed by atoms with Crippen molar-refractivity contribution in [2.24, 2.45) is 5.73 Å². The summed E-state index contributed by atoms with van der Waals surface area (Å²) in [6.45, 7) is 5.00. The standard InChI is InChI=1S/C20H39NO4/c1-3-5-7-8-9-10-11-12-16-24-19(22)15-13-17-25-20(23)18(21)14-6-4-2/h18H,3-17,21H2,1-2H3.